The highest BCUT2D eigenvalue weighted by molar-refractivity contribution is 6.12. The van der Waals surface area contributed by atoms with Gasteiger partial charge in [0.05, 0.1) is 25.0 Å². The van der Waals surface area contributed by atoms with Gasteiger partial charge in [0.2, 0.25) is 6.29 Å². The molecule has 0 aliphatic carbocycles. The van der Waals surface area contributed by atoms with Crippen molar-refractivity contribution in [3.05, 3.63) is 95.1 Å². The molecule has 4 rings (SSSR count). The van der Waals surface area contributed by atoms with E-state index in [2.05, 4.69) is 10.1 Å². The van der Waals surface area contributed by atoms with Crippen LogP contribution < -0.4 is 4.74 Å². The minimum absolute atomic E-state index is 0.286. The van der Waals surface area contributed by atoms with Gasteiger partial charge in [-0.15, -0.1) is 0 Å². The Hall–Kier alpha value is -3.78. The van der Waals surface area contributed by atoms with Gasteiger partial charge < -0.3 is 19.0 Å². The number of halogens is 1. The van der Waals surface area contributed by atoms with Gasteiger partial charge in [0.1, 0.15) is 23.9 Å². The average Bonchev–Trinajstić information content (AvgIpc) is 2.89. The summed E-state index contributed by atoms with van der Waals surface area (Å²) < 4.78 is 29.3. The summed E-state index contributed by atoms with van der Waals surface area (Å²) in [5, 5.41) is 4.35. The average molecular weight is 464 g/mol. The smallest absolute Gasteiger partial charge is 0.337 e. The minimum atomic E-state index is -0.468. The summed E-state index contributed by atoms with van der Waals surface area (Å²) in [7, 11) is 1.33. The number of ether oxygens (including phenoxy) is 3. The molecular weight excluding hydrogens is 439 g/mol. The summed E-state index contributed by atoms with van der Waals surface area (Å²) >= 11 is 0. The van der Waals surface area contributed by atoms with Crippen molar-refractivity contribution in [1.29, 1.82) is 0 Å². The molecule has 0 radical (unpaired) electrons. The lowest BCUT2D eigenvalue weighted by Gasteiger charge is -2.20. The predicted octanol–water partition coefficient (Wildman–Crippen LogP) is 4.88. The molecule has 1 atom stereocenters. The number of methoxy groups -OCH3 is 1. The third-order valence-electron chi connectivity index (χ3n) is 5.27. The number of pyridine rings is 1. The molecule has 1 unspecified atom stereocenters. The summed E-state index contributed by atoms with van der Waals surface area (Å²) in [6.07, 6.45) is 3.85. The molecule has 1 fully saturated rings. The van der Waals surface area contributed by atoms with Gasteiger partial charge in [0.15, 0.2) is 0 Å². The number of benzene rings is 2. The van der Waals surface area contributed by atoms with Gasteiger partial charge >= 0.3 is 5.97 Å². The lowest BCUT2D eigenvalue weighted by molar-refractivity contribution is -0.162. The summed E-state index contributed by atoms with van der Waals surface area (Å²) in [5.74, 6) is -0.116. The second-order valence-electron chi connectivity index (χ2n) is 7.70. The van der Waals surface area contributed by atoms with E-state index >= 15 is 0 Å². The van der Waals surface area contributed by atoms with Crippen LogP contribution in [0.1, 0.15) is 46.4 Å². The maximum absolute atomic E-state index is 13.1. The van der Waals surface area contributed by atoms with E-state index in [0.29, 0.717) is 35.9 Å². The Bertz CT molecular complexity index is 1130. The molecule has 0 saturated carbocycles. The van der Waals surface area contributed by atoms with Gasteiger partial charge in [0, 0.05) is 18.2 Å². The Morgan fingerprint density at radius 3 is 2.59 bits per heavy atom. The van der Waals surface area contributed by atoms with E-state index in [9.17, 15) is 9.18 Å². The Balaban J connectivity index is 1.55. The molecule has 3 aromatic rings. The van der Waals surface area contributed by atoms with Crippen molar-refractivity contribution in [2.45, 2.75) is 32.2 Å². The summed E-state index contributed by atoms with van der Waals surface area (Å²) in [4.78, 5) is 22.1. The first-order valence-corrected chi connectivity index (χ1v) is 11.0. The minimum Gasteiger partial charge on any atom is -0.489 e. The van der Waals surface area contributed by atoms with Crippen LogP contribution in [0.3, 0.4) is 0 Å². The molecular formula is C26H25FN2O5. The molecule has 0 bridgehead atoms. The molecule has 7 nitrogen and oxygen atoms in total. The molecule has 1 saturated heterocycles. The van der Waals surface area contributed by atoms with Crippen LogP contribution in [-0.4, -0.2) is 36.7 Å². The summed E-state index contributed by atoms with van der Waals surface area (Å²) in [5.41, 5.74) is 2.84. The van der Waals surface area contributed by atoms with Crippen LogP contribution in [0.15, 0.2) is 72.0 Å². The van der Waals surface area contributed by atoms with Gasteiger partial charge in [-0.2, -0.15) is 0 Å². The summed E-state index contributed by atoms with van der Waals surface area (Å²) in [6, 6.07) is 16.6. The molecule has 1 aromatic heterocycles. The molecule has 34 heavy (non-hydrogen) atoms. The zero-order chi connectivity index (χ0) is 23.8. The number of esters is 1. The Kier molecular flexibility index (Phi) is 7.83. The second-order valence-corrected chi connectivity index (χ2v) is 7.70. The number of hydrogen-bond donors (Lipinski definition) is 0. The van der Waals surface area contributed by atoms with Crippen LogP contribution in [0, 0.1) is 5.82 Å². The Morgan fingerprint density at radius 1 is 1.09 bits per heavy atom. The predicted molar refractivity (Wildman–Crippen MR) is 123 cm³/mol. The Morgan fingerprint density at radius 2 is 1.88 bits per heavy atom. The van der Waals surface area contributed by atoms with Crippen LogP contribution in [0.5, 0.6) is 5.75 Å². The monoisotopic (exact) mass is 464 g/mol. The largest absolute Gasteiger partial charge is 0.489 e. The number of hydrogen-bond acceptors (Lipinski definition) is 7. The quantitative estimate of drug-likeness (QED) is 0.269. The van der Waals surface area contributed by atoms with E-state index in [-0.39, 0.29) is 5.82 Å². The van der Waals surface area contributed by atoms with E-state index in [1.807, 2.05) is 12.1 Å². The van der Waals surface area contributed by atoms with Crippen molar-refractivity contribution < 1.29 is 28.2 Å². The van der Waals surface area contributed by atoms with Gasteiger partial charge in [0.25, 0.3) is 0 Å². The lowest BCUT2D eigenvalue weighted by atomic mass is 10.1. The Labute approximate surface area is 197 Å². The van der Waals surface area contributed by atoms with Crippen LogP contribution in [-0.2, 0) is 20.9 Å². The molecule has 1 aliphatic heterocycles. The van der Waals surface area contributed by atoms with E-state index < -0.39 is 12.3 Å². The normalized spacial score (nSPS) is 16.1. The molecule has 1 aliphatic rings. The maximum atomic E-state index is 13.1. The van der Waals surface area contributed by atoms with Gasteiger partial charge in [-0.3, -0.25) is 4.98 Å². The van der Waals surface area contributed by atoms with Crippen molar-refractivity contribution in [3.63, 3.8) is 0 Å². The first-order valence-electron chi connectivity index (χ1n) is 11.0. The van der Waals surface area contributed by atoms with Crippen LogP contribution >= 0.6 is 0 Å². The standard InChI is InChI=1S/C26H25FN2O5/c1-31-26(30)20-13-14-28-23(16-20)25(29-34-24-4-2-3-15-32-24)19-7-11-22(12-8-19)33-17-18-5-9-21(27)10-6-18/h5-14,16,24H,2-4,15,17H2,1H3/b29-25+. The van der Waals surface area contributed by atoms with Crippen molar-refractivity contribution in [2.24, 2.45) is 5.16 Å². The second kappa shape index (κ2) is 11.4. The van der Waals surface area contributed by atoms with E-state index in [0.717, 1.165) is 30.4 Å². The number of carbonyl (C=O) groups is 1. The zero-order valence-corrected chi connectivity index (χ0v) is 18.8. The first-order chi connectivity index (χ1) is 16.6. The number of aromatic nitrogens is 1. The molecule has 0 N–H and O–H groups in total. The fraction of sp³-hybridized carbons (Fsp3) is 0.269. The highest BCUT2D eigenvalue weighted by atomic mass is 19.1. The fourth-order valence-corrected chi connectivity index (χ4v) is 3.41. The number of carbonyl (C=O) groups excluding carboxylic acids is 1. The maximum Gasteiger partial charge on any atom is 0.337 e. The van der Waals surface area contributed by atoms with Crippen molar-refractivity contribution in [3.8, 4) is 5.75 Å². The summed E-state index contributed by atoms with van der Waals surface area (Å²) in [6.45, 7) is 0.942. The van der Waals surface area contributed by atoms with Crippen molar-refractivity contribution in [1.82, 2.24) is 4.98 Å². The molecule has 0 spiro atoms. The molecule has 2 heterocycles. The molecule has 0 amide bonds. The highest BCUT2D eigenvalue weighted by Gasteiger charge is 2.18. The lowest BCUT2D eigenvalue weighted by Crippen LogP contribution is -2.21. The molecule has 8 heteroatoms. The highest BCUT2D eigenvalue weighted by Crippen LogP contribution is 2.20. The van der Waals surface area contributed by atoms with Crippen LogP contribution in [0.2, 0.25) is 0 Å². The first kappa shape index (κ1) is 23.4. The van der Waals surface area contributed by atoms with Crippen LogP contribution in [0.4, 0.5) is 4.39 Å². The van der Waals surface area contributed by atoms with E-state index in [1.54, 1.807) is 36.4 Å². The number of nitrogens with zero attached hydrogens (tertiary/aromatic N) is 2. The zero-order valence-electron chi connectivity index (χ0n) is 18.8. The van der Waals surface area contributed by atoms with E-state index in [1.165, 1.54) is 25.4 Å². The van der Waals surface area contributed by atoms with Crippen molar-refractivity contribution in [2.75, 3.05) is 13.7 Å². The van der Waals surface area contributed by atoms with Crippen molar-refractivity contribution >= 4 is 11.7 Å². The molecule has 176 valence electrons. The van der Waals surface area contributed by atoms with E-state index in [4.69, 9.17) is 19.0 Å². The topological polar surface area (TPSA) is 79.2 Å². The third kappa shape index (κ3) is 6.17. The van der Waals surface area contributed by atoms with Crippen LogP contribution in [0.25, 0.3) is 0 Å². The van der Waals surface area contributed by atoms with Gasteiger partial charge in [-0.25, -0.2) is 9.18 Å². The number of rotatable bonds is 8. The van der Waals surface area contributed by atoms with Gasteiger partial charge in [-0.1, -0.05) is 17.3 Å². The SMILES string of the molecule is COC(=O)c1ccnc(/C(=N/OC2CCCCO2)c2ccc(OCc3ccc(F)cc3)cc2)c1. The van der Waals surface area contributed by atoms with Gasteiger partial charge in [-0.05, 0) is 66.9 Å². The fourth-order valence-electron chi connectivity index (χ4n) is 3.41. The number of oxime groups is 1. The third-order valence-corrected chi connectivity index (χ3v) is 5.27. The molecule has 2 aromatic carbocycles.